The Morgan fingerprint density at radius 1 is 1.14 bits per heavy atom. The van der Waals surface area contributed by atoms with Crippen molar-refractivity contribution in [1.29, 1.82) is 0 Å². The number of rotatable bonds is 3. The molecule has 0 bridgehead atoms. The number of nitrogens with two attached hydrogens (primary N) is 1. The normalized spacial score (nSPS) is 26.0. The van der Waals surface area contributed by atoms with E-state index in [4.69, 9.17) is 5.73 Å². The summed E-state index contributed by atoms with van der Waals surface area (Å²) in [6.07, 6.45) is 0. The van der Waals surface area contributed by atoms with Gasteiger partial charge in [-0.2, -0.15) is 0 Å². The number of likely N-dealkylation sites (N-methyl/N-ethyl adjacent to an activating group) is 1. The quantitative estimate of drug-likeness (QED) is 0.868. The molecule has 1 saturated heterocycles. The Labute approximate surface area is 123 Å². The number of halogens is 3. The Kier molecular flexibility index (Phi) is 4.91. The maximum Gasteiger partial charge on any atom is 0.194 e. The number of hydrogen-bond donors (Lipinski definition) is 1. The molecule has 3 unspecified atom stereocenters. The van der Waals surface area contributed by atoms with Crippen LogP contribution in [0, 0.1) is 17.5 Å². The molecule has 0 spiro atoms. The van der Waals surface area contributed by atoms with E-state index in [1.54, 1.807) is 0 Å². The molecule has 1 aliphatic heterocycles. The summed E-state index contributed by atoms with van der Waals surface area (Å²) >= 11 is 0. The van der Waals surface area contributed by atoms with Gasteiger partial charge in [0, 0.05) is 37.8 Å². The fraction of sp³-hybridized carbons (Fsp3) is 0.600. The fourth-order valence-electron chi connectivity index (χ4n) is 2.96. The van der Waals surface area contributed by atoms with Crippen molar-refractivity contribution in [2.45, 2.75) is 32.0 Å². The van der Waals surface area contributed by atoms with Crippen LogP contribution in [0.15, 0.2) is 12.1 Å². The SMILES string of the molecule is CC1CN(C(CN)c2cc(F)c(F)c(F)c2)CC(C)N1C. The van der Waals surface area contributed by atoms with Gasteiger partial charge in [0.15, 0.2) is 17.5 Å². The van der Waals surface area contributed by atoms with Crippen LogP contribution in [-0.2, 0) is 0 Å². The van der Waals surface area contributed by atoms with Gasteiger partial charge in [0.25, 0.3) is 0 Å². The molecule has 21 heavy (non-hydrogen) atoms. The van der Waals surface area contributed by atoms with Gasteiger partial charge in [-0.1, -0.05) is 0 Å². The fourth-order valence-corrected chi connectivity index (χ4v) is 2.96. The summed E-state index contributed by atoms with van der Waals surface area (Å²) in [5.41, 5.74) is 6.19. The number of hydrogen-bond acceptors (Lipinski definition) is 3. The van der Waals surface area contributed by atoms with Crippen molar-refractivity contribution in [2.24, 2.45) is 5.73 Å². The molecule has 1 aromatic carbocycles. The second kappa shape index (κ2) is 6.34. The zero-order valence-corrected chi connectivity index (χ0v) is 12.6. The highest BCUT2D eigenvalue weighted by Crippen LogP contribution is 2.27. The lowest BCUT2D eigenvalue weighted by Crippen LogP contribution is -2.56. The number of benzene rings is 1. The molecule has 1 fully saturated rings. The Bertz CT molecular complexity index is 474. The minimum Gasteiger partial charge on any atom is -0.329 e. The number of piperazine rings is 1. The summed E-state index contributed by atoms with van der Waals surface area (Å²) in [5.74, 6) is -3.77. The van der Waals surface area contributed by atoms with Crippen molar-refractivity contribution in [2.75, 3.05) is 26.7 Å². The second-order valence-electron chi connectivity index (χ2n) is 5.87. The molecule has 0 amide bonds. The van der Waals surface area contributed by atoms with Crippen molar-refractivity contribution < 1.29 is 13.2 Å². The van der Waals surface area contributed by atoms with Gasteiger partial charge < -0.3 is 5.73 Å². The molecule has 6 heteroatoms. The Morgan fingerprint density at radius 3 is 2.05 bits per heavy atom. The summed E-state index contributed by atoms with van der Waals surface area (Å²) in [6, 6.07) is 2.41. The molecular weight excluding hydrogens is 279 g/mol. The molecule has 3 nitrogen and oxygen atoms in total. The summed E-state index contributed by atoms with van der Waals surface area (Å²) in [7, 11) is 2.06. The largest absolute Gasteiger partial charge is 0.329 e. The smallest absolute Gasteiger partial charge is 0.194 e. The van der Waals surface area contributed by atoms with E-state index in [1.165, 1.54) is 0 Å². The molecule has 0 aromatic heterocycles. The third-order valence-electron chi connectivity index (χ3n) is 4.44. The Morgan fingerprint density at radius 2 is 1.62 bits per heavy atom. The van der Waals surface area contributed by atoms with E-state index in [2.05, 4.69) is 30.7 Å². The highest BCUT2D eigenvalue weighted by atomic mass is 19.2. The molecule has 3 atom stereocenters. The lowest BCUT2D eigenvalue weighted by molar-refractivity contribution is 0.0350. The van der Waals surface area contributed by atoms with Gasteiger partial charge in [-0.3, -0.25) is 9.80 Å². The Balaban J connectivity index is 2.28. The predicted molar refractivity (Wildman–Crippen MR) is 76.4 cm³/mol. The van der Waals surface area contributed by atoms with Crippen LogP contribution in [0.2, 0.25) is 0 Å². The van der Waals surface area contributed by atoms with Gasteiger partial charge in [-0.25, -0.2) is 13.2 Å². The van der Waals surface area contributed by atoms with E-state index in [1.807, 2.05) is 0 Å². The average molecular weight is 301 g/mol. The van der Waals surface area contributed by atoms with E-state index < -0.39 is 17.5 Å². The first-order valence-corrected chi connectivity index (χ1v) is 7.15. The first kappa shape index (κ1) is 16.3. The van der Waals surface area contributed by atoms with Crippen LogP contribution in [0.4, 0.5) is 13.2 Å². The van der Waals surface area contributed by atoms with Crippen LogP contribution in [0.5, 0.6) is 0 Å². The summed E-state index contributed by atoms with van der Waals surface area (Å²) in [5, 5.41) is 0. The maximum atomic E-state index is 13.4. The van der Waals surface area contributed by atoms with E-state index in [0.29, 0.717) is 17.6 Å². The minimum atomic E-state index is -1.44. The molecule has 2 rings (SSSR count). The maximum absolute atomic E-state index is 13.4. The third kappa shape index (κ3) is 3.22. The lowest BCUT2D eigenvalue weighted by Gasteiger charge is -2.45. The molecule has 0 radical (unpaired) electrons. The van der Waals surface area contributed by atoms with E-state index in [0.717, 1.165) is 25.2 Å². The summed E-state index contributed by atoms with van der Waals surface area (Å²) < 4.78 is 40.0. The highest BCUT2D eigenvalue weighted by Gasteiger charge is 2.31. The van der Waals surface area contributed by atoms with Gasteiger partial charge in [0.2, 0.25) is 0 Å². The van der Waals surface area contributed by atoms with Gasteiger partial charge in [-0.15, -0.1) is 0 Å². The monoisotopic (exact) mass is 301 g/mol. The molecule has 2 N–H and O–H groups in total. The molecular formula is C15H22F3N3. The van der Waals surface area contributed by atoms with Gasteiger partial charge >= 0.3 is 0 Å². The van der Waals surface area contributed by atoms with E-state index in [9.17, 15) is 13.2 Å². The van der Waals surface area contributed by atoms with Gasteiger partial charge in [0.1, 0.15) is 0 Å². The van der Waals surface area contributed by atoms with Crippen molar-refractivity contribution in [3.8, 4) is 0 Å². The Hall–Kier alpha value is -1.11. The van der Waals surface area contributed by atoms with Crippen LogP contribution in [0.1, 0.15) is 25.5 Å². The highest BCUT2D eigenvalue weighted by molar-refractivity contribution is 5.23. The molecule has 1 aromatic rings. The second-order valence-corrected chi connectivity index (χ2v) is 5.87. The molecule has 1 heterocycles. The first-order valence-electron chi connectivity index (χ1n) is 7.15. The van der Waals surface area contributed by atoms with Gasteiger partial charge in [0.05, 0.1) is 0 Å². The lowest BCUT2D eigenvalue weighted by atomic mass is 10.0. The third-order valence-corrected chi connectivity index (χ3v) is 4.44. The van der Waals surface area contributed by atoms with Gasteiger partial charge in [-0.05, 0) is 38.6 Å². The first-order chi connectivity index (χ1) is 9.85. The zero-order valence-electron chi connectivity index (χ0n) is 12.6. The van der Waals surface area contributed by atoms with Crippen LogP contribution in [0.3, 0.4) is 0 Å². The van der Waals surface area contributed by atoms with Crippen LogP contribution < -0.4 is 5.73 Å². The average Bonchev–Trinajstić information content (AvgIpc) is 2.42. The standard InChI is InChI=1S/C15H22F3N3/c1-9-7-21(8-10(2)20(9)3)14(6-19)11-4-12(16)15(18)13(17)5-11/h4-5,9-10,14H,6-8,19H2,1-3H3. The van der Waals surface area contributed by atoms with Crippen LogP contribution in [-0.4, -0.2) is 48.6 Å². The number of nitrogens with zero attached hydrogens (tertiary/aromatic N) is 2. The van der Waals surface area contributed by atoms with Crippen molar-refractivity contribution in [3.63, 3.8) is 0 Å². The van der Waals surface area contributed by atoms with E-state index in [-0.39, 0.29) is 12.6 Å². The molecule has 118 valence electrons. The minimum absolute atomic E-state index is 0.230. The topological polar surface area (TPSA) is 32.5 Å². The predicted octanol–water partition coefficient (Wildman–Crippen LogP) is 2.13. The van der Waals surface area contributed by atoms with Crippen LogP contribution >= 0.6 is 0 Å². The zero-order chi connectivity index (χ0) is 15.7. The molecule has 1 aliphatic rings. The molecule has 0 saturated carbocycles. The van der Waals surface area contributed by atoms with Crippen LogP contribution in [0.25, 0.3) is 0 Å². The summed E-state index contributed by atoms with van der Waals surface area (Å²) in [6.45, 7) is 5.93. The summed E-state index contributed by atoms with van der Waals surface area (Å²) in [4.78, 5) is 4.37. The van der Waals surface area contributed by atoms with E-state index >= 15 is 0 Å². The molecule has 0 aliphatic carbocycles. The van der Waals surface area contributed by atoms with Crippen molar-refractivity contribution in [3.05, 3.63) is 35.1 Å². The van der Waals surface area contributed by atoms with Crippen molar-refractivity contribution >= 4 is 0 Å². The van der Waals surface area contributed by atoms with Crippen molar-refractivity contribution in [1.82, 2.24) is 9.80 Å².